The molecular formula is C16H30N2. The fourth-order valence-electron chi connectivity index (χ4n) is 3.34. The summed E-state index contributed by atoms with van der Waals surface area (Å²) in [4.78, 5) is 2.74. The quantitative estimate of drug-likeness (QED) is 0.754. The molecule has 0 saturated carbocycles. The van der Waals surface area contributed by atoms with Crippen LogP contribution in [-0.4, -0.2) is 36.6 Å². The van der Waals surface area contributed by atoms with Crippen LogP contribution in [0.15, 0.2) is 11.6 Å². The first-order chi connectivity index (χ1) is 8.70. The summed E-state index contributed by atoms with van der Waals surface area (Å²) in [5, 5.41) is 3.70. The third-order valence-corrected chi connectivity index (χ3v) is 4.66. The van der Waals surface area contributed by atoms with Crippen LogP contribution in [0.4, 0.5) is 0 Å². The van der Waals surface area contributed by atoms with Gasteiger partial charge in [-0.1, -0.05) is 32.4 Å². The topological polar surface area (TPSA) is 15.3 Å². The van der Waals surface area contributed by atoms with Gasteiger partial charge in [-0.05, 0) is 38.0 Å². The minimum absolute atomic E-state index is 0.706. The van der Waals surface area contributed by atoms with E-state index < -0.39 is 0 Å². The van der Waals surface area contributed by atoms with Gasteiger partial charge in [-0.3, -0.25) is 4.90 Å². The third-order valence-electron chi connectivity index (χ3n) is 4.66. The van der Waals surface area contributed by atoms with Crippen molar-refractivity contribution in [2.75, 3.05) is 19.6 Å². The Bertz CT molecular complexity index is 283. The minimum Gasteiger partial charge on any atom is -0.311 e. The first-order valence-corrected chi connectivity index (χ1v) is 7.86. The van der Waals surface area contributed by atoms with Gasteiger partial charge in [-0.2, -0.15) is 0 Å². The number of allylic oxidation sites excluding steroid dienone is 1. The number of nitrogens with zero attached hydrogens (tertiary/aromatic N) is 1. The van der Waals surface area contributed by atoms with E-state index in [0.717, 1.165) is 12.0 Å². The van der Waals surface area contributed by atoms with Gasteiger partial charge in [0.05, 0.1) is 0 Å². The van der Waals surface area contributed by atoms with Gasteiger partial charge in [0.25, 0.3) is 0 Å². The fraction of sp³-hybridized carbons (Fsp3) is 0.875. The molecule has 2 unspecified atom stereocenters. The van der Waals surface area contributed by atoms with Crippen LogP contribution in [-0.2, 0) is 0 Å². The van der Waals surface area contributed by atoms with Crippen LogP contribution in [0.25, 0.3) is 0 Å². The molecule has 0 aromatic heterocycles. The number of piperazine rings is 1. The zero-order chi connectivity index (χ0) is 13.0. The van der Waals surface area contributed by atoms with Gasteiger partial charge in [-0.25, -0.2) is 0 Å². The van der Waals surface area contributed by atoms with Gasteiger partial charge < -0.3 is 5.32 Å². The lowest BCUT2D eigenvalue weighted by Gasteiger charge is -2.42. The van der Waals surface area contributed by atoms with Crippen LogP contribution in [0, 0.1) is 5.92 Å². The Hall–Kier alpha value is -0.340. The number of hydrogen-bond donors (Lipinski definition) is 1. The first-order valence-electron chi connectivity index (χ1n) is 7.86. The number of hydrogen-bond acceptors (Lipinski definition) is 2. The van der Waals surface area contributed by atoms with E-state index in [1.807, 2.05) is 0 Å². The molecule has 1 fully saturated rings. The summed E-state index contributed by atoms with van der Waals surface area (Å²) in [5.41, 5.74) is 1.71. The molecular weight excluding hydrogens is 220 g/mol. The van der Waals surface area contributed by atoms with Crippen molar-refractivity contribution < 1.29 is 0 Å². The summed E-state index contributed by atoms with van der Waals surface area (Å²) in [6, 6.07) is 1.44. The van der Waals surface area contributed by atoms with Crippen LogP contribution < -0.4 is 5.32 Å². The zero-order valence-corrected chi connectivity index (χ0v) is 12.4. The molecule has 0 aromatic rings. The second kappa shape index (κ2) is 6.72. The van der Waals surface area contributed by atoms with Crippen LogP contribution in [0.2, 0.25) is 0 Å². The normalized spacial score (nSPS) is 29.9. The Balaban J connectivity index is 1.87. The molecule has 18 heavy (non-hydrogen) atoms. The maximum Gasteiger partial charge on any atom is 0.0244 e. The van der Waals surface area contributed by atoms with Crippen LogP contribution >= 0.6 is 0 Å². The van der Waals surface area contributed by atoms with E-state index in [1.54, 1.807) is 5.57 Å². The molecule has 2 nitrogen and oxygen atoms in total. The Morgan fingerprint density at radius 3 is 2.89 bits per heavy atom. The Morgan fingerprint density at radius 1 is 1.44 bits per heavy atom. The molecule has 1 heterocycles. The van der Waals surface area contributed by atoms with Gasteiger partial charge in [-0.15, -0.1) is 0 Å². The highest BCUT2D eigenvalue weighted by molar-refractivity contribution is 5.08. The molecule has 2 atom stereocenters. The van der Waals surface area contributed by atoms with Gasteiger partial charge in [0.15, 0.2) is 0 Å². The predicted molar refractivity (Wildman–Crippen MR) is 78.8 cm³/mol. The third kappa shape index (κ3) is 3.58. The van der Waals surface area contributed by atoms with Gasteiger partial charge in [0.1, 0.15) is 0 Å². The van der Waals surface area contributed by atoms with E-state index in [4.69, 9.17) is 0 Å². The molecule has 1 aliphatic carbocycles. The summed E-state index contributed by atoms with van der Waals surface area (Å²) in [6.45, 7) is 10.7. The monoisotopic (exact) mass is 250 g/mol. The minimum atomic E-state index is 0.706. The molecule has 1 N–H and O–H groups in total. The summed E-state index contributed by atoms with van der Waals surface area (Å²) in [5.74, 6) is 0.757. The highest BCUT2D eigenvalue weighted by Gasteiger charge is 2.28. The highest BCUT2D eigenvalue weighted by Crippen LogP contribution is 2.23. The molecule has 0 bridgehead atoms. The molecule has 1 aliphatic heterocycles. The zero-order valence-electron chi connectivity index (χ0n) is 12.4. The van der Waals surface area contributed by atoms with E-state index >= 15 is 0 Å². The second-order valence-corrected chi connectivity index (χ2v) is 6.32. The average Bonchev–Trinajstić information content (AvgIpc) is 2.88. The lowest BCUT2D eigenvalue weighted by atomic mass is 9.97. The van der Waals surface area contributed by atoms with Crippen molar-refractivity contribution in [2.24, 2.45) is 5.92 Å². The molecule has 0 radical (unpaired) electrons. The molecule has 2 heteroatoms. The molecule has 104 valence electrons. The molecule has 2 aliphatic rings. The highest BCUT2D eigenvalue weighted by atomic mass is 15.2. The van der Waals surface area contributed by atoms with Gasteiger partial charge in [0, 0.05) is 31.7 Å². The van der Waals surface area contributed by atoms with Crippen molar-refractivity contribution in [2.45, 2.75) is 65.0 Å². The van der Waals surface area contributed by atoms with Crippen molar-refractivity contribution in [1.82, 2.24) is 10.2 Å². The smallest absolute Gasteiger partial charge is 0.0244 e. The largest absolute Gasteiger partial charge is 0.311 e. The Kier molecular flexibility index (Phi) is 5.25. The Labute approximate surface area is 113 Å². The lowest BCUT2D eigenvalue weighted by Crippen LogP contribution is -2.58. The summed E-state index contributed by atoms with van der Waals surface area (Å²) >= 11 is 0. The summed E-state index contributed by atoms with van der Waals surface area (Å²) < 4.78 is 0. The first kappa shape index (κ1) is 14.1. The average molecular weight is 250 g/mol. The van der Waals surface area contributed by atoms with Crippen molar-refractivity contribution in [3.05, 3.63) is 11.6 Å². The van der Waals surface area contributed by atoms with Crippen molar-refractivity contribution in [3.63, 3.8) is 0 Å². The lowest BCUT2D eigenvalue weighted by molar-refractivity contribution is 0.0983. The molecule has 0 aromatic carbocycles. The van der Waals surface area contributed by atoms with Crippen LogP contribution in [0.3, 0.4) is 0 Å². The van der Waals surface area contributed by atoms with E-state index in [2.05, 4.69) is 37.1 Å². The van der Waals surface area contributed by atoms with E-state index in [0.29, 0.717) is 6.04 Å². The molecule has 1 saturated heterocycles. The fourth-order valence-corrected chi connectivity index (χ4v) is 3.34. The standard InChI is InChI=1S/C16H30N2/c1-4-15-12-18(16(11-17-15)13(2)3)10-9-14-7-5-6-8-14/h7,13,15-17H,4-6,8-12H2,1-3H3. The van der Waals surface area contributed by atoms with Crippen molar-refractivity contribution in [3.8, 4) is 0 Å². The van der Waals surface area contributed by atoms with Crippen molar-refractivity contribution in [1.29, 1.82) is 0 Å². The number of rotatable bonds is 5. The second-order valence-electron chi connectivity index (χ2n) is 6.32. The van der Waals surface area contributed by atoms with Crippen LogP contribution in [0.5, 0.6) is 0 Å². The van der Waals surface area contributed by atoms with E-state index in [-0.39, 0.29) is 0 Å². The van der Waals surface area contributed by atoms with E-state index in [9.17, 15) is 0 Å². The number of nitrogens with one attached hydrogen (secondary N) is 1. The molecule has 0 amide bonds. The van der Waals surface area contributed by atoms with Crippen molar-refractivity contribution >= 4 is 0 Å². The Morgan fingerprint density at radius 2 is 2.28 bits per heavy atom. The summed E-state index contributed by atoms with van der Waals surface area (Å²) in [7, 11) is 0. The SMILES string of the molecule is CCC1CN(CCC2=CCCC2)C(C(C)C)CN1. The summed E-state index contributed by atoms with van der Waals surface area (Å²) in [6.07, 6.45) is 9.10. The molecule has 0 spiro atoms. The molecule has 2 rings (SSSR count). The van der Waals surface area contributed by atoms with Crippen LogP contribution in [0.1, 0.15) is 52.9 Å². The maximum absolute atomic E-state index is 3.70. The van der Waals surface area contributed by atoms with Gasteiger partial charge >= 0.3 is 0 Å². The maximum atomic E-state index is 3.70. The van der Waals surface area contributed by atoms with E-state index in [1.165, 1.54) is 51.7 Å². The van der Waals surface area contributed by atoms with Gasteiger partial charge in [0.2, 0.25) is 0 Å². The predicted octanol–water partition coefficient (Wildman–Crippen LogP) is 3.20.